The monoisotopic (exact) mass is 422 g/mol. The van der Waals surface area contributed by atoms with Crippen LogP contribution in [0.4, 0.5) is 0 Å². The van der Waals surface area contributed by atoms with Gasteiger partial charge in [0.05, 0.1) is 55.3 Å². The first-order valence-electron chi connectivity index (χ1n) is 8.13. The number of furan rings is 3. The van der Waals surface area contributed by atoms with E-state index in [1.165, 1.54) is 37.6 Å². The van der Waals surface area contributed by atoms with E-state index in [4.69, 9.17) is 26.8 Å². The van der Waals surface area contributed by atoms with Crippen LogP contribution in [0.25, 0.3) is 0 Å². The van der Waals surface area contributed by atoms with Gasteiger partial charge in [-0.25, -0.2) is 4.57 Å². The summed E-state index contributed by atoms with van der Waals surface area (Å²) in [7, 11) is -4.21. The van der Waals surface area contributed by atoms with E-state index < -0.39 is 7.82 Å². The number of carbonyl (C=O) groups is 3. The van der Waals surface area contributed by atoms with Gasteiger partial charge in [-0.05, 0) is 0 Å². The van der Waals surface area contributed by atoms with E-state index in [1.807, 2.05) is 0 Å². The third kappa shape index (κ3) is 5.07. The Morgan fingerprint density at radius 3 is 1.21 bits per heavy atom. The van der Waals surface area contributed by atoms with Gasteiger partial charge in [-0.2, -0.15) is 0 Å². The van der Waals surface area contributed by atoms with Crippen LogP contribution in [-0.4, -0.2) is 18.9 Å². The van der Waals surface area contributed by atoms with Crippen molar-refractivity contribution in [3.8, 4) is 0 Å². The van der Waals surface area contributed by atoms with Crippen molar-refractivity contribution < 1.29 is 45.8 Å². The highest BCUT2D eigenvalue weighted by atomic mass is 31.2. The molecule has 0 fully saturated rings. The van der Waals surface area contributed by atoms with Crippen molar-refractivity contribution in [3.05, 3.63) is 71.0 Å². The Kier molecular flexibility index (Phi) is 6.73. The quantitative estimate of drug-likeness (QED) is 0.312. The van der Waals surface area contributed by atoms with Crippen molar-refractivity contribution in [2.24, 2.45) is 0 Å². The summed E-state index contributed by atoms with van der Waals surface area (Å²) < 4.78 is 43.8. The fourth-order valence-corrected chi connectivity index (χ4v) is 3.33. The highest BCUT2D eigenvalue weighted by molar-refractivity contribution is 7.48. The van der Waals surface area contributed by atoms with Gasteiger partial charge in [-0.3, -0.25) is 28.0 Å². The molecule has 0 radical (unpaired) electrons. The first kappa shape index (κ1) is 20.7. The minimum atomic E-state index is -4.21. The highest BCUT2D eigenvalue weighted by Gasteiger charge is 2.29. The van der Waals surface area contributed by atoms with Crippen LogP contribution in [0.15, 0.2) is 50.8 Å². The second-order valence-corrected chi connectivity index (χ2v) is 7.35. The molecule has 0 amide bonds. The maximum absolute atomic E-state index is 13.1. The van der Waals surface area contributed by atoms with Gasteiger partial charge < -0.3 is 13.3 Å². The molecular formula is C18H15O10P. The van der Waals surface area contributed by atoms with Gasteiger partial charge in [-0.15, -0.1) is 0 Å². The van der Waals surface area contributed by atoms with Crippen molar-refractivity contribution >= 4 is 26.7 Å². The number of phosphoric ester groups is 1. The van der Waals surface area contributed by atoms with Crippen LogP contribution in [0, 0.1) is 0 Å². The van der Waals surface area contributed by atoms with Crippen molar-refractivity contribution in [3.63, 3.8) is 0 Å². The Morgan fingerprint density at radius 2 is 0.931 bits per heavy atom. The number of phosphoric acid groups is 1. The van der Waals surface area contributed by atoms with Crippen LogP contribution in [0.3, 0.4) is 0 Å². The van der Waals surface area contributed by atoms with Crippen LogP contribution in [0.2, 0.25) is 0 Å². The standard InChI is InChI=1S/C18H15O10P/c19-1-13-4-23-7-16(13)10-26-29(22,27-11-17-8-24-5-14(17)2-20)28-12-18-9-25-6-15(18)3-21/h1-9H,10-12H2. The van der Waals surface area contributed by atoms with Crippen LogP contribution in [-0.2, 0) is 38.0 Å². The van der Waals surface area contributed by atoms with Gasteiger partial charge in [0.2, 0.25) is 0 Å². The predicted molar refractivity (Wildman–Crippen MR) is 94.3 cm³/mol. The lowest BCUT2D eigenvalue weighted by Gasteiger charge is -2.17. The Bertz CT molecular complexity index is 898. The maximum Gasteiger partial charge on any atom is 0.475 e. The summed E-state index contributed by atoms with van der Waals surface area (Å²) in [6, 6.07) is 0. The third-order valence-electron chi connectivity index (χ3n) is 3.84. The second kappa shape index (κ2) is 9.44. The molecule has 0 saturated heterocycles. The molecule has 0 aliphatic rings. The molecule has 0 aliphatic heterocycles. The third-order valence-corrected chi connectivity index (χ3v) is 5.18. The summed E-state index contributed by atoms with van der Waals surface area (Å²) in [5, 5.41) is 0. The van der Waals surface area contributed by atoms with E-state index in [2.05, 4.69) is 0 Å². The van der Waals surface area contributed by atoms with Crippen molar-refractivity contribution in [2.75, 3.05) is 0 Å². The predicted octanol–water partition coefficient (Wildman–Crippen LogP) is 3.96. The Balaban J connectivity index is 1.73. The lowest BCUT2D eigenvalue weighted by molar-refractivity contribution is 0.0952. The molecule has 3 rings (SSSR count). The summed E-state index contributed by atoms with van der Waals surface area (Å²) >= 11 is 0. The molecule has 0 spiro atoms. The zero-order valence-electron chi connectivity index (χ0n) is 14.8. The summed E-state index contributed by atoms with van der Waals surface area (Å²) in [5.41, 5.74) is 1.65. The number of hydrogen-bond acceptors (Lipinski definition) is 10. The molecule has 29 heavy (non-hydrogen) atoms. The number of aldehydes is 3. The Morgan fingerprint density at radius 1 is 0.621 bits per heavy atom. The molecule has 0 unspecified atom stereocenters. The van der Waals surface area contributed by atoms with Crippen molar-refractivity contribution in [1.29, 1.82) is 0 Å². The Labute approximate surface area is 163 Å². The van der Waals surface area contributed by atoms with Crippen LogP contribution < -0.4 is 0 Å². The largest absolute Gasteiger partial charge is 0.475 e. The normalized spacial score (nSPS) is 11.4. The van der Waals surface area contributed by atoms with Crippen LogP contribution >= 0.6 is 7.82 Å². The van der Waals surface area contributed by atoms with Gasteiger partial charge in [0.15, 0.2) is 18.9 Å². The summed E-state index contributed by atoms with van der Waals surface area (Å²) in [6.07, 6.45) is 9.07. The topological polar surface area (TPSA) is 135 Å². The molecule has 0 N–H and O–H groups in total. The van der Waals surface area contributed by atoms with E-state index in [1.54, 1.807) is 0 Å². The fourth-order valence-electron chi connectivity index (χ4n) is 2.22. The van der Waals surface area contributed by atoms with Gasteiger partial charge in [-0.1, -0.05) is 0 Å². The molecule has 0 aromatic carbocycles. The van der Waals surface area contributed by atoms with E-state index in [0.29, 0.717) is 35.5 Å². The fraction of sp³-hybridized carbons (Fsp3) is 0.167. The number of rotatable bonds is 12. The second-order valence-electron chi connectivity index (χ2n) is 5.68. The molecule has 0 saturated carbocycles. The smallest absolute Gasteiger partial charge is 0.471 e. The van der Waals surface area contributed by atoms with Crippen LogP contribution in [0.5, 0.6) is 0 Å². The van der Waals surface area contributed by atoms with Gasteiger partial charge in [0.1, 0.15) is 18.8 Å². The van der Waals surface area contributed by atoms with E-state index in [9.17, 15) is 18.9 Å². The molecule has 3 aromatic heterocycles. The minimum Gasteiger partial charge on any atom is -0.471 e. The Hall–Kier alpha value is -3.04. The summed E-state index contributed by atoms with van der Waals surface area (Å²) in [6.45, 7) is -0.918. The molecule has 10 nitrogen and oxygen atoms in total. The van der Waals surface area contributed by atoms with Crippen molar-refractivity contribution in [1.82, 2.24) is 0 Å². The first-order valence-corrected chi connectivity index (χ1v) is 9.59. The lowest BCUT2D eigenvalue weighted by Crippen LogP contribution is -2.03. The lowest BCUT2D eigenvalue weighted by atomic mass is 10.2. The van der Waals surface area contributed by atoms with Gasteiger partial charge in [0.25, 0.3) is 0 Å². The molecular weight excluding hydrogens is 407 g/mol. The highest BCUT2D eigenvalue weighted by Crippen LogP contribution is 2.52. The van der Waals surface area contributed by atoms with Crippen LogP contribution in [0.1, 0.15) is 47.8 Å². The maximum atomic E-state index is 13.1. The van der Waals surface area contributed by atoms with Crippen molar-refractivity contribution in [2.45, 2.75) is 19.8 Å². The zero-order chi connectivity index (χ0) is 20.7. The molecule has 0 bridgehead atoms. The molecule has 152 valence electrons. The van der Waals surface area contributed by atoms with E-state index in [0.717, 1.165) is 0 Å². The minimum absolute atomic E-state index is 0.215. The van der Waals surface area contributed by atoms with E-state index >= 15 is 0 Å². The average molecular weight is 422 g/mol. The number of hydrogen-bond donors (Lipinski definition) is 0. The molecule has 3 heterocycles. The zero-order valence-corrected chi connectivity index (χ0v) is 15.7. The summed E-state index contributed by atoms with van der Waals surface area (Å²) in [5.74, 6) is 0. The average Bonchev–Trinajstić information content (AvgIpc) is 3.49. The SMILES string of the molecule is O=Cc1cocc1COP(=O)(OCc1cocc1C=O)OCc1cocc1C=O. The van der Waals surface area contributed by atoms with E-state index in [-0.39, 0.29) is 36.5 Å². The van der Waals surface area contributed by atoms with Gasteiger partial charge >= 0.3 is 7.82 Å². The number of carbonyl (C=O) groups excluding carboxylic acids is 3. The van der Waals surface area contributed by atoms with Gasteiger partial charge in [0, 0.05) is 16.7 Å². The molecule has 3 aromatic rings. The summed E-state index contributed by atoms with van der Waals surface area (Å²) in [4.78, 5) is 32.9. The first-order chi connectivity index (χ1) is 14.1. The molecule has 11 heteroatoms. The molecule has 0 atom stereocenters. The molecule has 0 aliphatic carbocycles.